The van der Waals surface area contributed by atoms with Crippen molar-refractivity contribution in [1.29, 1.82) is 0 Å². The zero-order valence-electron chi connectivity index (χ0n) is 10.9. The molecule has 2 aromatic rings. The van der Waals surface area contributed by atoms with Crippen LogP contribution in [-0.4, -0.2) is 11.7 Å². The van der Waals surface area contributed by atoms with E-state index in [9.17, 15) is 0 Å². The highest BCUT2D eigenvalue weighted by molar-refractivity contribution is 9.10. The Labute approximate surface area is 126 Å². The number of thiophene rings is 1. The van der Waals surface area contributed by atoms with E-state index in [4.69, 9.17) is 5.11 Å². The number of halogens is 1. The molecule has 0 saturated carbocycles. The fourth-order valence-corrected chi connectivity index (χ4v) is 3.43. The van der Waals surface area contributed by atoms with Gasteiger partial charge in [-0.15, -0.1) is 11.3 Å². The molecule has 0 spiro atoms. The first-order valence-corrected chi connectivity index (χ1v) is 8.06. The summed E-state index contributed by atoms with van der Waals surface area (Å²) in [6.07, 6.45) is 1.74. The van der Waals surface area contributed by atoms with Gasteiger partial charge in [-0.2, -0.15) is 0 Å². The van der Waals surface area contributed by atoms with Gasteiger partial charge in [-0.3, -0.25) is 0 Å². The maximum Gasteiger partial charge on any atom is 0.0578 e. The molecule has 0 bridgehead atoms. The van der Waals surface area contributed by atoms with E-state index in [0.29, 0.717) is 6.04 Å². The molecule has 19 heavy (non-hydrogen) atoms. The van der Waals surface area contributed by atoms with Crippen molar-refractivity contribution in [1.82, 2.24) is 0 Å². The van der Waals surface area contributed by atoms with E-state index in [1.807, 2.05) is 0 Å². The van der Waals surface area contributed by atoms with E-state index in [0.717, 1.165) is 23.0 Å². The Morgan fingerprint density at radius 1 is 1.37 bits per heavy atom. The number of aryl methyl sites for hydroxylation is 1. The van der Waals surface area contributed by atoms with Gasteiger partial charge in [0.25, 0.3) is 0 Å². The van der Waals surface area contributed by atoms with Gasteiger partial charge in [-0.1, -0.05) is 12.1 Å². The van der Waals surface area contributed by atoms with Gasteiger partial charge >= 0.3 is 0 Å². The molecule has 2 rings (SSSR count). The second kappa shape index (κ2) is 7.08. The molecule has 4 heteroatoms. The fraction of sp³-hybridized carbons (Fsp3) is 0.333. The summed E-state index contributed by atoms with van der Waals surface area (Å²) < 4.78 is 1.14. The molecular formula is C15H18BrNOS. The van der Waals surface area contributed by atoms with E-state index in [-0.39, 0.29) is 6.61 Å². The molecule has 0 amide bonds. The van der Waals surface area contributed by atoms with Crippen molar-refractivity contribution in [3.63, 3.8) is 0 Å². The van der Waals surface area contributed by atoms with Crippen LogP contribution >= 0.6 is 27.3 Å². The first-order chi connectivity index (χ1) is 9.19. The lowest BCUT2D eigenvalue weighted by Crippen LogP contribution is -2.05. The minimum absolute atomic E-state index is 0.247. The van der Waals surface area contributed by atoms with Crippen LogP contribution < -0.4 is 5.32 Å². The molecule has 0 aliphatic rings. The highest BCUT2D eigenvalue weighted by Crippen LogP contribution is 2.28. The summed E-state index contributed by atoms with van der Waals surface area (Å²) in [4.78, 5) is 1.31. The second-order valence-corrected chi connectivity index (χ2v) is 6.42. The van der Waals surface area contributed by atoms with Gasteiger partial charge in [-0.05, 0) is 59.5 Å². The Balaban J connectivity index is 2.02. The molecule has 0 aliphatic carbocycles. The van der Waals surface area contributed by atoms with Crippen LogP contribution in [0, 0.1) is 0 Å². The van der Waals surface area contributed by atoms with Gasteiger partial charge in [0, 0.05) is 27.0 Å². The van der Waals surface area contributed by atoms with Crippen molar-refractivity contribution < 1.29 is 5.11 Å². The van der Waals surface area contributed by atoms with Gasteiger partial charge < -0.3 is 10.4 Å². The average molecular weight is 340 g/mol. The Morgan fingerprint density at radius 3 is 2.89 bits per heavy atom. The molecule has 1 heterocycles. The van der Waals surface area contributed by atoms with Gasteiger partial charge in [0.05, 0.1) is 6.04 Å². The molecule has 0 radical (unpaired) electrons. The highest BCUT2D eigenvalue weighted by Gasteiger charge is 2.08. The fourth-order valence-electron chi connectivity index (χ4n) is 1.98. The van der Waals surface area contributed by atoms with Crippen LogP contribution in [0.5, 0.6) is 0 Å². The third kappa shape index (κ3) is 4.34. The molecule has 102 valence electrons. The zero-order valence-corrected chi connectivity index (χ0v) is 13.3. The van der Waals surface area contributed by atoms with Crippen LogP contribution in [0.1, 0.15) is 29.8 Å². The van der Waals surface area contributed by atoms with Crippen LogP contribution in [0.3, 0.4) is 0 Å². The second-order valence-electron chi connectivity index (χ2n) is 4.56. The zero-order chi connectivity index (χ0) is 13.7. The van der Waals surface area contributed by atoms with Gasteiger partial charge in [0.1, 0.15) is 0 Å². The summed E-state index contributed by atoms with van der Waals surface area (Å²) in [5, 5.41) is 14.5. The standard InChI is InChI=1S/C15H18BrNOS/c1-11(15-9-13(16)10-19-15)17-14-6-2-4-12(8-14)5-3-7-18/h2,4,6,8-11,17-18H,3,5,7H2,1H3. The number of hydrogen-bond acceptors (Lipinski definition) is 3. The van der Waals surface area contributed by atoms with E-state index < -0.39 is 0 Å². The Hall–Kier alpha value is -0.840. The number of aliphatic hydroxyl groups is 1. The number of rotatable bonds is 6. The van der Waals surface area contributed by atoms with Crippen LogP contribution in [-0.2, 0) is 6.42 Å². The van der Waals surface area contributed by atoms with Crippen molar-refractivity contribution in [2.75, 3.05) is 11.9 Å². The smallest absolute Gasteiger partial charge is 0.0578 e. The van der Waals surface area contributed by atoms with Crippen LogP contribution in [0.4, 0.5) is 5.69 Å². The Kier molecular flexibility index (Phi) is 5.43. The number of anilines is 1. The number of benzene rings is 1. The van der Waals surface area contributed by atoms with Crippen LogP contribution in [0.2, 0.25) is 0 Å². The average Bonchev–Trinajstić information content (AvgIpc) is 2.83. The molecule has 1 atom stereocenters. The minimum Gasteiger partial charge on any atom is -0.396 e. The summed E-state index contributed by atoms with van der Waals surface area (Å²) >= 11 is 5.24. The van der Waals surface area contributed by atoms with Gasteiger partial charge in [0.2, 0.25) is 0 Å². The predicted molar refractivity (Wildman–Crippen MR) is 85.9 cm³/mol. The van der Waals surface area contributed by atoms with E-state index >= 15 is 0 Å². The van der Waals surface area contributed by atoms with Crippen LogP contribution in [0.15, 0.2) is 40.2 Å². The molecule has 1 unspecified atom stereocenters. The van der Waals surface area contributed by atoms with E-state index in [1.165, 1.54) is 10.4 Å². The number of nitrogens with one attached hydrogen (secondary N) is 1. The SMILES string of the molecule is CC(Nc1cccc(CCCO)c1)c1cc(Br)cs1. The molecule has 0 aliphatic heterocycles. The lowest BCUT2D eigenvalue weighted by molar-refractivity contribution is 0.288. The van der Waals surface area contributed by atoms with Crippen LogP contribution in [0.25, 0.3) is 0 Å². The predicted octanol–water partition coefficient (Wildman–Crippen LogP) is 4.61. The normalized spacial score (nSPS) is 12.4. The van der Waals surface area contributed by atoms with Crippen molar-refractivity contribution in [2.24, 2.45) is 0 Å². The third-order valence-corrected chi connectivity index (χ3v) is 4.82. The molecular weight excluding hydrogens is 322 g/mol. The van der Waals surface area contributed by atoms with Gasteiger partial charge in [0.15, 0.2) is 0 Å². The molecule has 1 aromatic heterocycles. The van der Waals surface area contributed by atoms with Gasteiger partial charge in [-0.25, -0.2) is 0 Å². The number of hydrogen-bond donors (Lipinski definition) is 2. The highest BCUT2D eigenvalue weighted by atomic mass is 79.9. The molecule has 2 N–H and O–H groups in total. The van der Waals surface area contributed by atoms with E-state index in [1.54, 1.807) is 11.3 Å². The summed E-state index contributed by atoms with van der Waals surface area (Å²) in [5.74, 6) is 0. The maximum absolute atomic E-state index is 8.87. The van der Waals surface area contributed by atoms with Crippen molar-refractivity contribution >= 4 is 33.0 Å². The first-order valence-electron chi connectivity index (χ1n) is 6.39. The summed E-state index contributed by atoms with van der Waals surface area (Å²) in [6, 6.07) is 10.9. The monoisotopic (exact) mass is 339 g/mol. The largest absolute Gasteiger partial charge is 0.396 e. The quantitative estimate of drug-likeness (QED) is 0.805. The lowest BCUT2D eigenvalue weighted by Gasteiger charge is -2.14. The molecule has 1 aromatic carbocycles. The maximum atomic E-state index is 8.87. The van der Waals surface area contributed by atoms with Crippen molar-refractivity contribution in [2.45, 2.75) is 25.8 Å². The van der Waals surface area contributed by atoms with Crippen molar-refractivity contribution in [3.8, 4) is 0 Å². The first kappa shape index (κ1) is 14.6. The lowest BCUT2D eigenvalue weighted by atomic mass is 10.1. The van der Waals surface area contributed by atoms with E-state index in [2.05, 4.69) is 63.9 Å². The summed E-state index contributed by atoms with van der Waals surface area (Å²) in [5.41, 5.74) is 2.39. The Morgan fingerprint density at radius 2 is 2.21 bits per heavy atom. The Bertz CT molecular complexity index is 526. The topological polar surface area (TPSA) is 32.3 Å². The third-order valence-electron chi connectivity index (χ3n) is 2.95. The summed E-state index contributed by atoms with van der Waals surface area (Å²) in [6.45, 7) is 2.41. The summed E-state index contributed by atoms with van der Waals surface area (Å²) in [7, 11) is 0. The molecule has 0 saturated heterocycles. The molecule has 2 nitrogen and oxygen atoms in total. The van der Waals surface area contributed by atoms with Crippen molar-refractivity contribution in [3.05, 3.63) is 50.6 Å². The molecule has 0 fully saturated rings. The minimum atomic E-state index is 0.247. The number of aliphatic hydroxyl groups excluding tert-OH is 1.